The van der Waals surface area contributed by atoms with E-state index in [1.165, 1.54) is 0 Å². The van der Waals surface area contributed by atoms with Gasteiger partial charge in [-0.15, -0.1) is 0 Å². The molecule has 0 aliphatic rings. The lowest BCUT2D eigenvalue weighted by molar-refractivity contribution is 0.00304. The smallest absolute Gasteiger partial charge is 0.342 e. The quantitative estimate of drug-likeness (QED) is 0.541. The molecule has 20 heavy (non-hydrogen) atoms. The molecule has 3 N–H and O–H groups in total. The molecule has 1 aromatic rings. The van der Waals surface area contributed by atoms with Crippen LogP contribution in [-0.4, -0.2) is 41.1 Å². The van der Waals surface area contributed by atoms with E-state index >= 15 is 0 Å². The number of carbonyl (C=O) groups excluding carboxylic acids is 1. The maximum Gasteiger partial charge on any atom is 0.342 e. The molecule has 0 aliphatic carbocycles. The molecule has 5 heteroatoms. The predicted octanol–water partition coefficient (Wildman–Crippen LogP) is 1.35. The molecule has 112 valence electrons. The summed E-state index contributed by atoms with van der Waals surface area (Å²) < 4.78 is 4.55. The van der Waals surface area contributed by atoms with Crippen molar-refractivity contribution in [3.05, 3.63) is 48.7 Å². The lowest BCUT2D eigenvalue weighted by atomic mass is 9.88. The number of benzene rings is 1. The molecule has 0 radical (unpaired) electrons. The Morgan fingerprint density at radius 3 is 2.00 bits per heavy atom. The van der Waals surface area contributed by atoms with Gasteiger partial charge in [0.2, 0.25) is 0 Å². The summed E-state index contributed by atoms with van der Waals surface area (Å²) in [5.41, 5.74) is -0.132. The zero-order chi connectivity index (χ0) is 15.4. The van der Waals surface area contributed by atoms with Gasteiger partial charge in [-0.1, -0.05) is 31.7 Å². The molecule has 1 rings (SSSR count). The highest BCUT2D eigenvalue weighted by Gasteiger charge is 2.24. The second-order valence-electron chi connectivity index (χ2n) is 4.27. The second kappa shape index (κ2) is 10.1. The first-order valence-corrected chi connectivity index (χ1v) is 6.28. The molecule has 0 fully saturated rings. The van der Waals surface area contributed by atoms with Gasteiger partial charge in [0, 0.05) is 5.41 Å². The molecule has 0 atom stereocenters. The van der Waals surface area contributed by atoms with Gasteiger partial charge in [-0.2, -0.15) is 0 Å². The first-order valence-electron chi connectivity index (χ1n) is 6.28. The van der Waals surface area contributed by atoms with Crippen molar-refractivity contribution >= 4 is 5.97 Å². The number of rotatable bonds is 6. The molecule has 0 amide bonds. The molecule has 0 bridgehead atoms. The summed E-state index contributed by atoms with van der Waals surface area (Å²) in [4.78, 5) is 11.0. The standard InChI is InChI=1S/C9H8O2.C6H14O3/c1-2-11-9(10)8-6-4-3-5-7-8;1-2-6(3-7,4-8)5-9/h2-7H,1H2;7-9H,2-5H2,1H3. The van der Waals surface area contributed by atoms with Crippen LogP contribution in [0.15, 0.2) is 43.2 Å². The lowest BCUT2D eigenvalue weighted by Gasteiger charge is -2.24. The third-order valence-corrected chi connectivity index (χ3v) is 2.96. The molecule has 0 saturated carbocycles. The Balaban J connectivity index is 0.000000370. The van der Waals surface area contributed by atoms with Crippen LogP contribution in [0.4, 0.5) is 0 Å². The van der Waals surface area contributed by atoms with E-state index in [1.807, 2.05) is 13.0 Å². The summed E-state index contributed by atoms with van der Waals surface area (Å²) in [6, 6.07) is 8.77. The van der Waals surface area contributed by atoms with Gasteiger partial charge in [0.05, 0.1) is 31.6 Å². The van der Waals surface area contributed by atoms with Gasteiger partial charge in [-0.25, -0.2) is 4.79 Å². The number of ether oxygens (including phenoxy) is 1. The maximum atomic E-state index is 11.0. The lowest BCUT2D eigenvalue weighted by Crippen LogP contribution is -2.32. The summed E-state index contributed by atoms with van der Waals surface area (Å²) in [7, 11) is 0. The number of carbonyl (C=O) groups is 1. The van der Waals surface area contributed by atoms with E-state index in [9.17, 15) is 4.79 Å². The minimum atomic E-state index is -0.667. The number of hydrogen-bond acceptors (Lipinski definition) is 5. The molecule has 0 heterocycles. The van der Waals surface area contributed by atoms with Crippen LogP contribution in [0.1, 0.15) is 23.7 Å². The number of esters is 1. The van der Waals surface area contributed by atoms with Crippen LogP contribution < -0.4 is 0 Å². The number of hydrogen-bond donors (Lipinski definition) is 3. The van der Waals surface area contributed by atoms with Crippen LogP contribution in [0.25, 0.3) is 0 Å². The van der Waals surface area contributed by atoms with Crippen molar-refractivity contribution in [2.75, 3.05) is 19.8 Å². The van der Waals surface area contributed by atoms with Crippen molar-refractivity contribution in [3.63, 3.8) is 0 Å². The highest BCUT2D eigenvalue weighted by molar-refractivity contribution is 5.89. The van der Waals surface area contributed by atoms with Crippen molar-refractivity contribution in [1.29, 1.82) is 0 Å². The maximum absolute atomic E-state index is 11.0. The van der Waals surface area contributed by atoms with Crippen molar-refractivity contribution < 1.29 is 24.9 Å². The van der Waals surface area contributed by atoms with Crippen molar-refractivity contribution in [2.45, 2.75) is 13.3 Å². The second-order valence-corrected chi connectivity index (χ2v) is 4.27. The fraction of sp³-hybridized carbons (Fsp3) is 0.400. The van der Waals surface area contributed by atoms with Crippen LogP contribution >= 0.6 is 0 Å². The van der Waals surface area contributed by atoms with Gasteiger partial charge in [0.1, 0.15) is 0 Å². The predicted molar refractivity (Wildman–Crippen MR) is 76.0 cm³/mol. The van der Waals surface area contributed by atoms with Crippen molar-refractivity contribution in [3.8, 4) is 0 Å². The first-order chi connectivity index (χ1) is 9.59. The van der Waals surface area contributed by atoms with Crippen LogP contribution in [-0.2, 0) is 4.74 Å². The molecule has 0 aliphatic heterocycles. The average molecular weight is 282 g/mol. The molecule has 0 saturated heterocycles. The molecule has 1 aromatic carbocycles. The molecule has 5 nitrogen and oxygen atoms in total. The third-order valence-electron chi connectivity index (χ3n) is 2.96. The van der Waals surface area contributed by atoms with Gasteiger partial charge in [-0.05, 0) is 18.6 Å². The largest absolute Gasteiger partial charge is 0.432 e. The fourth-order valence-corrected chi connectivity index (χ4v) is 1.20. The number of aliphatic hydroxyl groups excluding tert-OH is 3. The molecular formula is C15H22O5. The van der Waals surface area contributed by atoms with Gasteiger partial charge < -0.3 is 20.1 Å². The first kappa shape index (κ1) is 18.3. The van der Waals surface area contributed by atoms with Gasteiger partial charge in [0.25, 0.3) is 0 Å². The van der Waals surface area contributed by atoms with E-state index in [0.717, 1.165) is 6.26 Å². The van der Waals surface area contributed by atoms with Crippen molar-refractivity contribution in [2.24, 2.45) is 5.41 Å². The Hall–Kier alpha value is -1.69. The third kappa shape index (κ3) is 5.97. The van der Waals surface area contributed by atoms with Crippen LogP contribution in [0.5, 0.6) is 0 Å². The van der Waals surface area contributed by atoms with E-state index in [0.29, 0.717) is 12.0 Å². The van der Waals surface area contributed by atoms with Gasteiger partial charge >= 0.3 is 5.97 Å². The van der Waals surface area contributed by atoms with E-state index in [1.54, 1.807) is 24.3 Å². The topological polar surface area (TPSA) is 87.0 Å². The van der Waals surface area contributed by atoms with Crippen LogP contribution in [0, 0.1) is 5.41 Å². The van der Waals surface area contributed by atoms with Crippen LogP contribution in [0.2, 0.25) is 0 Å². The summed E-state index contributed by atoms with van der Waals surface area (Å²) in [6.45, 7) is 4.64. The average Bonchev–Trinajstić information content (AvgIpc) is 2.52. The fourth-order valence-electron chi connectivity index (χ4n) is 1.20. The minimum absolute atomic E-state index is 0.156. The molecule has 0 spiro atoms. The monoisotopic (exact) mass is 282 g/mol. The van der Waals surface area contributed by atoms with Crippen LogP contribution in [0.3, 0.4) is 0 Å². The van der Waals surface area contributed by atoms with Gasteiger partial charge in [0.15, 0.2) is 0 Å². The van der Waals surface area contributed by atoms with E-state index in [-0.39, 0.29) is 25.8 Å². The van der Waals surface area contributed by atoms with E-state index in [4.69, 9.17) is 15.3 Å². The van der Waals surface area contributed by atoms with E-state index < -0.39 is 5.41 Å². The van der Waals surface area contributed by atoms with Crippen molar-refractivity contribution in [1.82, 2.24) is 0 Å². The van der Waals surface area contributed by atoms with E-state index in [2.05, 4.69) is 11.3 Å². The normalized spacial score (nSPS) is 10.2. The summed E-state index contributed by atoms with van der Waals surface area (Å²) in [5, 5.41) is 26.0. The highest BCUT2D eigenvalue weighted by Crippen LogP contribution is 2.18. The Morgan fingerprint density at radius 2 is 1.70 bits per heavy atom. The van der Waals surface area contributed by atoms with Gasteiger partial charge in [-0.3, -0.25) is 0 Å². The number of aliphatic hydroxyl groups is 3. The Labute approximate surface area is 119 Å². The Bertz CT molecular complexity index is 367. The minimum Gasteiger partial charge on any atom is -0.432 e. The SMILES string of the molecule is C=COC(=O)c1ccccc1.CCC(CO)(CO)CO. The summed E-state index contributed by atoms with van der Waals surface area (Å²) >= 11 is 0. The molecular weight excluding hydrogens is 260 g/mol. The highest BCUT2D eigenvalue weighted by atomic mass is 16.5. The zero-order valence-electron chi connectivity index (χ0n) is 11.7. The molecule has 0 aromatic heterocycles. The zero-order valence-corrected chi connectivity index (χ0v) is 11.7. The summed E-state index contributed by atoms with van der Waals surface area (Å²) in [5.74, 6) is -0.374. The molecule has 0 unspecified atom stereocenters. The Morgan fingerprint density at radius 1 is 1.20 bits per heavy atom. The summed E-state index contributed by atoms with van der Waals surface area (Å²) in [6.07, 6.45) is 1.71. The Kier molecular flexibility index (Phi) is 9.28.